The van der Waals surface area contributed by atoms with Gasteiger partial charge in [-0.15, -0.1) is 11.3 Å². The number of anilines is 1. The Kier molecular flexibility index (Phi) is 4.50. The van der Waals surface area contributed by atoms with Crippen LogP contribution in [0.15, 0.2) is 16.8 Å². The normalized spacial score (nSPS) is 16.5. The van der Waals surface area contributed by atoms with Crippen LogP contribution < -0.4 is 10.6 Å². The third-order valence-corrected chi connectivity index (χ3v) is 5.04. The highest BCUT2D eigenvalue weighted by atomic mass is 32.1. The Balaban J connectivity index is 1.66. The predicted molar refractivity (Wildman–Crippen MR) is 90.1 cm³/mol. The van der Waals surface area contributed by atoms with Gasteiger partial charge in [-0.2, -0.15) is 0 Å². The Bertz CT molecular complexity index is 680. The van der Waals surface area contributed by atoms with Crippen LogP contribution >= 0.6 is 11.3 Å². The van der Waals surface area contributed by atoms with Gasteiger partial charge in [0.2, 0.25) is 0 Å². The molecule has 23 heavy (non-hydrogen) atoms. The van der Waals surface area contributed by atoms with Gasteiger partial charge in [0.25, 0.3) is 5.91 Å². The van der Waals surface area contributed by atoms with Gasteiger partial charge in [-0.3, -0.25) is 10.1 Å². The first-order chi connectivity index (χ1) is 10.9. The van der Waals surface area contributed by atoms with E-state index in [1.807, 2.05) is 27.0 Å². The molecule has 0 unspecified atom stereocenters. The van der Waals surface area contributed by atoms with Crippen molar-refractivity contribution in [3.63, 3.8) is 0 Å². The molecule has 0 aromatic carbocycles. The fourth-order valence-corrected chi connectivity index (χ4v) is 3.52. The smallest absolute Gasteiger partial charge is 0.279 e. The van der Waals surface area contributed by atoms with Crippen LogP contribution in [-0.4, -0.2) is 29.1 Å². The molecule has 3 heterocycles. The molecule has 1 aliphatic rings. The largest absolute Gasteiger partial charge is 0.360 e. The van der Waals surface area contributed by atoms with Crippen molar-refractivity contribution in [2.45, 2.75) is 44.9 Å². The zero-order valence-electron chi connectivity index (χ0n) is 13.7. The maximum absolute atomic E-state index is 12.3. The summed E-state index contributed by atoms with van der Waals surface area (Å²) in [5.74, 6) is 0.951. The minimum atomic E-state index is -0.282. The molecule has 0 bridgehead atoms. The first-order valence-corrected chi connectivity index (χ1v) is 8.70. The van der Waals surface area contributed by atoms with E-state index < -0.39 is 0 Å². The molecule has 1 saturated heterocycles. The summed E-state index contributed by atoms with van der Waals surface area (Å²) >= 11 is 1.55. The lowest BCUT2D eigenvalue weighted by atomic mass is 9.93. The zero-order chi connectivity index (χ0) is 16.4. The van der Waals surface area contributed by atoms with E-state index in [0.29, 0.717) is 16.8 Å². The van der Waals surface area contributed by atoms with Crippen molar-refractivity contribution in [3.05, 3.63) is 28.6 Å². The summed E-state index contributed by atoms with van der Waals surface area (Å²) in [4.78, 5) is 17.8. The SMILES string of the molecule is CC(C)(C)c1cc(C(=O)Nc2ncc(C3CCNCC3)s2)no1. The second kappa shape index (κ2) is 6.41. The van der Waals surface area contributed by atoms with Crippen LogP contribution in [0.3, 0.4) is 0 Å². The number of piperidine rings is 1. The lowest BCUT2D eigenvalue weighted by Crippen LogP contribution is -2.26. The molecule has 2 N–H and O–H groups in total. The van der Waals surface area contributed by atoms with Crippen molar-refractivity contribution in [2.75, 3.05) is 18.4 Å². The van der Waals surface area contributed by atoms with Gasteiger partial charge in [0.15, 0.2) is 10.8 Å². The van der Waals surface area contributed by atoms with E-state index in [0.717, 1.165) is 25.9 Å². The molecule has 0 atom stereocenters. The van der Waals surface area contributed by atoms with Crippen LogP contribution in [0.4, 0.5) is 5.13 Å². The monoisotopic (exact) mass is 334 g/mol. The van der Waals surface area contributed by atoms with Crippen LogP contribution in [-0.2, 0) is 5.41 Å². The van der Waals surface area contributed by atoms with Crippen molar-refractivity contribution in [1.82, 2.24) is 15.5 Å². The molecule has 2 aromatic heterocycles. The number of carbonyl (C=O) groups is 1. The fourth-order valence-electron chi connectivity index (χ4n) is 2.54. The first-order valence-electron chi connectivity index (χ1n) is 7.88. The highest BCUT2D eigenvalue weighted by Gasteiger charge is 2.23. The zero-order valence-corrected chi connectivity index (χ0v) is 14.5. The highest BCUT2D eigenvalue weighted by molar-refractivity contribution is 7.15. The maximum Gasteiger partial charge on any atom is 0.279 e. The van der Waals surface area contributed by atoms with E-state index in [-0.39, 0.29) is 17.0 Å². The van der Waals surface area contributed by atoms with Gasteiger partial charge in [0, 0.05) is 22.6 Å². The molecule has 7 heteroatoms. The molecule has 0 radical (unpaired) electrons. The molecular weight excluding hydrogens is 312 g/mol. The number of amides is 1. The lowest BCUT2D eigenvalue weighted by molar-refractivity contribution is 0.101. The van der Waals surface area contributed by atoms with Crippen LogP contribution in [0.1, 0.15) is 60.7 Å². The van der Waals surface area contributed by atoms with Gasteiger partial charge < -0.3 is 9.84 Å². The number of hydrogen-bond donors (Lipinski definition) is 2. The number of nitrogens with zero attached hydrogens (tertiary/aromatic N) is 2. The molecule has 124 valence electrons. The van der Waals surface area contributed by atoms with Crippen molar-refractivity contribution in [2.24, 2.45) is 0 Å². The molecule has 1 amide bonds. The average Bonchev–Trinajstić information content (AvgIpc) is 3.17. The standard InChI is InChI=1S/C16H22N4O2S/c1-16(2,3)13-8-11(20-22-13)14(21)19-15-18-9-12(23-15)10-4-6-17-7-5-10/h8-10,17H,4-7H2,1-3H3,(H,18,19,21). The van der Waals surface area contributed by atoms with Gasteiger partial charge in [-0.05, 0) is 31.8 Å². The predicted octanol–water partition coefficient (Wildman–Crippen LogP) is 3.15. The molecule has 0 spiro atoms. The number of thiazole rings is 1. The van der Waals surface area contributed by atoms with Crippen molar-refractivity contribution >= 4 is 22.4 Å². The van der Waals surface area contributed by atoms with Crippen LogP contribution in [0.5, 0.6) is 0 Å². The first kappa shape index (κ1) is 16.1. The Hall–Kier alpha value is -1.73. The molecule has 2 aromatic rings. The topological polar surface area (TPSA) is 80.0 Å². The molecular formula is C16H22N4O2S. The fraction of sp³-hybridized carbons (Fsp3) is 0.562. The molecule has 1 aliphatic heterocycles. The van der Waals surface area contributed by atoms with Gasteiger partial charge in [-0.1, -0.05) is 25.9 Å². The van der Waals surface area contributed by atoms with Gasteiger partial charge >= 0.3 is 0 Å². The van der Waals surface area contributed by atoms with Crippen molar-refractivity contribution < 1.29 is 9.32 Å². The summed E-state index contributed by atoms with van der Waals surface area (Å²) in [6.07, 6.45) is 4.11. The van der Waals surface area contributed by atoms with E-state index in [1.54, 1.807) is 17.4 Å². The number of aromatic nitrogens is 2. The summed E-state index contributed by atoms with van der Waals surface area (Å²) in [6.45, 7) is 8.13. The summed E-state index contributed by atoms with van der Waals surface area (Å²) in [5.41, 5.74) is 0.114. The van der Waals surface area contributed by atoms with Crippen molar-refractivity contribution in [1.29, 1.82) is 0 Å². The third-order valence-electron chi connectivity index (χ3n) is 3.97. The highest BCUT2D eigenvalue weighted by Crippen LogP contribution is 2.32. The number of hydrogen-bond acceptors (Lipinski definition) is 6. The molecule has 1 fully saturated rings. The summed E-state index contributed by atoms with van der Waals surface area (Å²) in [7, 11) is 0. The third kappa shape index (κ3) is 3.79. The van der Waals surface area contributed by atoms with E-state index in [1.165, 1.54) is 4.88 Å². The van der Waals surface area contributed by atoms with E-state index in [9.17, 15) is 4.79 Å². The van der Waals surface area contributed by atoms with Crippen LogP contribution in [0.25, 0.3) is 0 Å². The number of carbonyl (C=O) groups excluding carboxylic acids is 1. The minimum absolute atomic E-state index is 0.172. The lowest BCUT2D eigenvalue weighted by Gasteiger charge is -2.20. The molecule has 0 aliphatic carbocycles. The van der Waals surface area contributed by atoms with E-state index >= 15 is 0 Å². The van der Waals surface area contributed by atoms with Crippen molar-refractivity contribution in [3.8, 4) is 0 Å². The molecule has 3 rings (SSSR count). The van der Waals surface area contributed by atoms with E-state index in [4.69, 9.17) is 4.52 Å². The quantitative estimate of drug-likeness (QED) is 0.901. The van der Waals surface area contributed by atoms with Gasteiger partial charge in [0.1, 0.15) is 5.76 Å². The van der Waals surface area contributed by atoms with Crippen LogP contribution in [0, 0.1) is 0 Å². The van der Waals surface area contributed by atoms with E-state index in [2.05, 4.69) is 20.8 Å². The average molecular weight is 334 g/mol. The summed E-state index contributed by atoms with van der Waals surface area (Å²) in [5, 5.41) is 10.6. The molecule has 0 saturated carbocycles. The molecule has 6 nitrogen and oxygen atoms in total. The van der Waals surface area contributed by atoms with Gasteiger partial charge in [-0.25, -0.2) is 4.98 Å². The van der Waals surface area contributed by atoms with Crippen LogP contribution in [0.2, 0.25) is 0 Å². The summed E-state index contributed by atoms with van der Waals surface area (Å²) < 4.78 is 5.25. The Morgan fingerprint density at radius 3 is 2.78 bits per heavy atom. The Morgan fingerprint density at radius 2 is 2.13 bits per heavy atom. The second-order valence-corrected chi connectivity index (χ2v) is 7.93. The number of rotatable bonds is 3. The second-order valence-electron chi connectivity index (χ2n) is 6.87. The Labute approximate surface area is 139 Å². The number of nitrogens with one attached hydrogen (secondary N) is 2. The maximum atomic E-state index is 12.3. The minimum Gasteiger partial charge on any atom is -0.360 e. The Morgan fingerprint density at radius 1 is 1.39 bits per heavy atom. The van der Waals surface area contributed by atoms with Gasteiger partial charge in [0.05, 0.1) is 0 Å². The summed E-state index contributed by atoms with van der Waals surface area (Å²) in [6, 6.07) is 1.69.